The summed E-state index contributed by atoms with van der Waals surface area (Å²) in [6.45, 7) is 0.424. The van der Waals surface area contributed by atoms with Crippen molar-refractivity contribution in [3.8, 4) is 0 Å². The molecule has 0 aromatic carbocycles. The second-order valence-corrected chi connectivity index (χ2v) is 6.20. The molecule has 0 bridgehead atoms. The predicted octanol–water partition coefficient (Wildman–Crippen LogP) is 3.62. The number of ether oxygens (including phenoxy) is 1. The average Bonchev–Trinajstić information content (AvgIpc) is 2.48. The summed E-state index contributed by atoms with van der Waals surface area (Å²) in [5.41, 5.74) is 0. The number of carbonyl (C=O) groups excluding carboxylic acids is 1. The van der Waals surface area contributed by atoms with Crippen LogP contribution in [0.4, 0.5) is 13.2 Å². The molecule has 0 saturated heterocycles. The number of hydrogen-bond donors (Lipinski definition) is 2. The number of halogens is 3. The van der Waals surface area contributed by atoms with E-state index in [1.54, 1.807) is 0 Å². The first-order chi connectivity index (χ1) is 11.3. The molecule has 1 saturated carbocycles. The Labute approximate surface area is 139 Å². The Hall–Kier alpha value is -1.31. The molecular formula is C16H26F3NO4. The van der Waals surface area contributed by atoms with Crippen LogP contribution in [0.2, 0.25) is 0 Å². The van der Waals surface area contributed by atoms with Gasteiger partial charge in [0.05, 0.1) is 12.0 Å². The highest BCUT2D eigenvalue weighted by Gasteiger charge is 2.40. The summed E-state index contributed by atoms with van der Waals surface area (Å²) in [5, 5.41) is 11.2. The van der Waals surface area contributed by atoms with Gasteiger partial charge in [0, 0.05) is 13.0 Å². The van der Waals surface area contributed by atoms with Crippen molar-refractivity contribution < 1.29 is 32.6 Å². The van der Waals surface area contributed by atoms with Crippen LogP contribution in [-0.2, 0) is 14.3 Å². The number of hydrogen-bond acceptors (Lipinski definition) is 3. The lowest BCUT2D eigenvalue weighted by molar-refractivity contribution is -0.349. The molecule has 1 aliphatic rings. The summed E-state index contributed by atoms with van der Waals surface area (Å²) < 4.78 is 41.3. The predicted molar refractivity (Wildman–Crippen MR) is 81.2 cm³/mol. The molecule has 0 aliphatic heterocycles. The van der Waals surface area contributed by atoms with E-state index in [2.05, 4.69) is 10.1 Å². The van der Waals surface area contributed by atoms with Gasteiger partial charge < -0.3 is 10.4 Å². The van der Waals surface area contributed by atoms with Crippen LogP contribution in [0, 0.1) is 5.92 Å². The summed E-state index contributed by atoms with van der Waals surface area (Å²) >= 11 is 0. The molecule has 0 radical (unpaired) electrons. The first-order valence-corrected chi connectivity index (χ1v) is 8.53. The third kappa shape index (κ3) is 9.10. The number of carboxylic acid groups (broad SMARTS) is 1. The second kappa shape index (κ2) is 10.5. The lowest BCUT2D eigenvalue weighted by Gasteiger charge is -2.30. The number of aliphatic carboxylic acids is 1. The number of unbranched alkanes of at least 4 members (excludes halogenated alkanes) is 4. The highest BCUT2D eigenvalue weighted by atomic mass is 19.4. The first-order valence-electron chi connectivity index (χ1n) is 8.53. The van der Waals surface area contributed by atoms with Crippen molar-refractivity contribution >= 4 is 11.9 Å². The molecule has 1 amide bonds. The topological polar surface area (TPSA) is 75.6 Å². The molecule has 0 spiro atoms. The molecule has 2 N–H and O–H groups in total. The number of rotatable bonds is 10. The van der Waals surface area contributed by atoms with Gasteiger partial charge in [-0.3, -0.25) is 14.3 Å². The lowest BCUT2D eigenvalue weighted by Crippen LogP contribution is -2.43. The molecule has 140 valence electrons. The van der Waals surface area contributed by atoms with Crippen molar-refractivity contribution in [1.29, 1.82) is 0 Å². The zero-order chi connectivity index (χ0) is 18.0. The molecule has 0 aromatic rings. The van der Waals surface area contributed by atoms with Crippen molar-refractivity contribution in [2.75, 3.05) is 6.54 Å². The van der Waals surface area contributed by atoms with E-state index in [0.29, 0.717) is 25.8 Å². The smallest absolute Gasteiger partial charge is 0.481 e. The van der Waals surface area contributed by atoms with Gasteiger partial charge in [-0.1, -0.05) is 32.1 Å². The molecule has 1 aliphatic carbocycles. The van der Waals surface area contributed by atoms with Crippen LogP contribution in [0.1, 0.15) is 64.2 Å². The molecule has 1 rings (SSSR count). The Bertz CT molecular complexity index is 401. The van der Waals surface area contributed by atoms with Gasteiger partial charge in [0.25, 0.3) is 0 Å². The van der Waals surface area contributed by atoms with E-state index in [-0.39, 0.29) is 18.7 Å². The quantitative estimate of drug-likeness (QED) is 0.588. The summed E-state index contributed by atoms with van der Waals surface area (Å²) in [6.07, 6.45) is 0.341. The Morgan fingerprint density at radius 1 is 1.04 bits per heavy atom. The van der Waals surface area contributed by atoms with Crippen LogP contribution < -0.4 is 5.32 Å². The van der Waals surface area contributed by atoms with Crippen molar-refractivity contribution in [3.05, 3.63) is 0 Å². The summed E-state index contributed by atoms with van der Waals surface area (Å²) in [4.78, 5) is 22.4. The minimum absolute atomic E-state index is 0.166. The third-order valence-electron chi connectivity index (χ3n) is 4.19. The molecule has 0 heterocycles. The number of alkyl halides is 3. The fraction of sp³-hybridized carbons (Fsp3) is 0.875. The van der Waals surface area contributed by atoms with Gasteiger partial charge in [-0.2, -0.15) is 0 Å². The maximum absolute atomic E-state index is 12.4. The van der Waals surface area contributed by atoms with E-state index >= 15 is 0 Å². The van der Waals surface area contributed by atoms with E-state index in [9.17, 15) is 22.8 Å². The highest BCUT2D eigenvalue weighted by Crippen LogP contribution is 2.32. The maximum Gasteiger partial charge on any atom is 0.522 e. The van der Waals surface area contributed by atoms with Crippen molar-refractivity contribution in [3.63, 3.8) is 0 Å². The molecule has 8 heteroatoms. The van der Waals surface area contributed by atoms with Gasteiger partial charge in [-0.15, -0.1) is 13.2 Å². The van der Waals surface area contributed by atoms with E-state index in [1.165, 1.54) is 0 Å². The minimum atomic E-state index is -4.71. The Balaban J connectivity index is 2.19. The lowest BCUT2D eigenvalue weighted by atomic mass is 9.85. The maximum atomic E-state index is 12.4. The van der Waals surface area contributed by atoms with E-state index in [0.717, 1.165) is 32.1 Å². The second-order valence-electron chi connectivity index (χ2n) is 6.20. The fourth-order valence-electron chi connectivity index (χ4n) is 2.98. The van der Waals surface area contributed by atoms with Gasteiger partial charge in [-0.05, 0) is 25.7 Å². The van der Waals surface area contributed by atoms with Gasteiger partial charge in [0.2, 0.25) is 5.91 Å². The van der Waals surface area contributed by atoms with Gasteiger partial charge in [-0.25, -0.2) is 0 Å². The Morgan fingerprint density at radius 2 is 1.67 bits per heavy atom. The van der Waals surface area contributed by atoms with Crippen LogP contribution in [0.5, 0.6) is 0 Å². The van der Waals surface area contributed by atoms with Crippen molar-refractivity contribution in [1.82, 2.24) is 5.32 Å². The summed E-state index contributed by atoms with van der Waals surface area (Å²) in [5.74, 6) is -1.91. The zero-order valence-corrected chi connectivity index (χ0v) is 13.7. The summed E-state index contributed by atoms with van der Waals surface area (Å²) in [7, 11) is 0. The van der Waals surface area contributed by atoms with Crippen LogP contribution in [0.3, 0.4) is 0 Å². The fourth-order valence-corrected chi connectivity index (χ4v) is 2.98. The Kier molecular flexibility index (Phi) is 9.10. The number of amides is 1. The van der Waals surface area contributed by atoms with Crippen molar-refractivity contribution in [2.24, 2.45) is 5.92 Å². The van der Waals surface area contributed by atoms with Crippen molar-refractivity contribution in [2.45, 2.75) is 76.7 Å². The van der Waals surface area contributed by atoms with Crippen LogP contribution in [0.25, 0.3) is 0 Å². The minimum Gasteiger partial charge on any atom is -0.481 e. The SMILES string of the molecule is O=C(O)CCCCCCCNC(=O)C1CCCCC1OC(F)(F)F. The Morgan fingerprint density at radius 3 is 2.33 bits per heavy atom. The van der Waals surface area contributed by atoms with E-state index in [1.807, 2.05) is 0 Å². The molecule has 2 unspecified atom stereocenters. The van der Waals surface area contributed by atoms with E-state index in [4.69, 9.17) is 5.11 Å². The normalized spacial score (nSPS) is 21.5. The molecule has 5 nitrogen and oxygen atoms in total. The van der Waals surface area contributed by atoms with Gasteiger partial charge in [0.1, 0.15) is 0 Å². The largest absolute Gasteiger partial charge is 0.522 e. The van der Waals surface area contributed by atoms with Crippen LogP contribution in [0.15, 0.2) is 0 Å². The highest BCUT2D eigenvalue weighted by molar-refractivity contribution is 5.79. The number of carboxylic acids is 1. The number of carbonyl (C=O) groups is 2. The average molecular weight is 353 g/mol. The third-order valence-corrected chi connectivity index (χ3v) is 4.19. The van der Waals surface area contributed by atoms with E-state index < -0.39 is 24.4 Å². The summed E-state index contributed by atoms with van der Waals surface area (Å²) in [6, 6.07) is 0. The standard InChI is InChI=1S/C16H26F3NO4/c17-16(18,19)24-13-9-6-5-8-12(13)15(23)20-11-7-3-1-2-4-10-14(21)22/h12-13H,1-11H2,(H,20,23)(H,21,22). The molecule has 0 aromatic heterocycles. The zero-order valence-electron chi connectivity index (χ0n) is 13.7. The number of nitrogens with one attached hydrogen (secondary N) is 1. The molecule has 1 fully saturated rings. The molecule has 24 heavy (non-hydrogen) atoms. The molecule has 2 atom stereocenters. The van der Waals surface area contributed by atoms with Gasteiger partial charge in [0.15, 0.2) is 0 Å². The monoisotopic (exact) mass is 353 g/mol. The first kappa shape index (κ1) is 20.7. The van der Waals surface area contributed by atoms with Crippen LogP contribution >= 0.6 is 0 Å². The molecular weight excluding hydrogens is 327 g/mol. The van der Waals surface area contributed by atoms with Gasteiger partial charge >= 0.3 is 12.3 Å². The van der Waals surface area contributed by atoms with Crippen LogP contribution in [-0.4, -0.2) is 36.0 Å².